The Morgan fingerprint density at radius 2 is 2.04 bits per heavy atom. The van der Waals surface area contributed by atoms with Crippen LogP contribution >= 0.6 is 0 Å². The summed E-state index contributed by atoms with van der Waals surface area (Å²) in [6, 6.07) is 14.0. The molecule has 1 amide bonds. The van der Waals surface area contributed by atoms with Gasteiger partial charge in [0.05, 0.1) is 6.33 Å². The normalized spacial score (nSPS) is 17.6. The second-order valence-electron chi connectivity index (χ2n) is 7.70. The monoisotopic (exact) mass is 376 g/mol. The molecule has 0 radical (unpaired) electrons. The highest BCUT2D eigenvalue weighted by Crippen LogP contribution is 2.19. The lowest BCUT2D eigenvalue weighted by Gasteiger charge is -2.32. The molecule has 1 fully saturated rings. The maximum absolute atomic E-state index is 12.8. The van der Waals surface area contributed by atoms with E-state index in [-0.39, 0.29) is 5.91 Å². The third-order valence-electron chi connectivity index (χ3n) is 5.64. The van der Waals surface area contributed by atoms with Crippen molar-refractivity contribution in [1.29, 1.82) is 0 Å². The summed E-state index contributed by atoms with van der Waals surface area (Å²) in [6.07, 6.45) is 9.25. The van der Waals surface area contributed by atoms with Crippen LogP contribution in [0.15, 0.2) is 61.2 Å². The van der Waals surface area contributed by atoms with Crippen molar-refractivity contribution >= 4 is 16.7 Å². The molecule has 28 heavy (non-hydrogen) atoms. The van der Waals surface area contributed by atoms with Gasteiger partial charge in [-0.3, -0.25) is 4.79 Å². The number of imidazole rings is 1. The molecule has 2 heterocycles. The number of rotatable bonds is 7. The van der Waals surface area contributed by atoms with E-state index in [1.54, 1.807) is 0 Å². The Bertz CT molecular complexity index is 901. The van der Waals surface area contributed by atoms with Crippen LogP contribution in [-0.4, -0.2) is 46.5 Å². The minimum Gasteiger partial charge on any atom is -0.352 e. The molecule has 1 saturated heterocycles. The number of fused-ring (bicyclic) bond motifs is 1. The van der Waals surface area contributed by atoms with Crippen LogP contribution in [0.4, 0.5) is 0 Å². The number of carbonyl (C=O) groups is 1. The van der Waals surface area contributed by atoms with Gasteiger partial charge in [-0.05, 0) is 55.1 Å². The van der Waals surface area contributed by atoms with Crippen molar-refractivity contribution in [3.63, 3.8) is 0 Å². The highest BCUT2D eigenvalue weighted by molar-refractivity contribution is 6.06. The molecule has 0 unspecified atom stereocenters. The van der Waals surface area contributed by atoms with Gasteiger partial charge in [-0.1, -0.05) is 36.4 Å². The molecule has 5 nitrogen and oxygen atoms in total. The second kappa shape index (κ2) is 9.02. The molecule has 0 saturated carbocycles. The molecule has 1 aliphatic heterocycles. The number of aromatic nitrogens is 2. The summed E-state index contributed by atoms with van der Waals surface area (Å²) in [5, 5.41) is 5.31. The van der Waals surface area contributed by atoms with Crippen molar-refractivity contribution in [1.82, 2.24) is 19.8 Å². The summed E-state index contributed by atoms with van der Waals surface area (Å²) >= 11 is 0. The Morgan fingerprint density at radius 3 is 2.93 bits per heavy atom. The minimum atomic E-state index is 0.0361. The zero-order chi connectivity index (χ0) is 19.2. The Hall–Kier alpha value is -2.66. The van der Waals surface area contributed by atoms with Crippen molar-refractivity contribution in [3.05, 3.63) is 66.7 Å². The maximum Gasteiger partial charge on any atom is 0.251 e. The molecule has 1 aliphatic rings. The van der Waals surface area contributed by atoms with E-state index in [1.165, 1.54) is 12.8 Å². The Labute approximate surface area is 166 Å². The summed E-state index contributed by atoms with van der Waals surface area (Å²) in [5.74, 6) is 0.565. The lowest BCUT2D eigenvalue weighted by molar-refractivity contribution is 0.0933. The molecule has 5 heteroatoms. The van der Waals surface area contributed by atoms with E-state index in [9.17, 15) is 4.79 Å². The molecule has 3 aromatic rings. The number of nitrogens with one attached hydrogen (secondary N) is 1. The van der Waals surface area contributed by atoms with Gasteiger partial charge in [0.25, 0.3) is 5.91 Å². The van der Waals surface area contributed by atoms with E-state index in [0.717, 1.165) is 55.5 Å². The molecule has 0 bridgehead atoms. The number of amides is 1. The average molecular weight is 377 g/mol. The van der Waals surface area contributed by atoms with Crippen LogP contribution in [0.3, 0.4) is 0 Å². The number of likely N-dealkylation sites (tertiary alicyclic amines) is 1. The number of benzene rings is 2. The predicted octanol–water partition coefficient (Wildman–Crippen LogP) is 3.57. The van der Waals surface area contributed by atoms with Crippen LogP contribution in [0.5, 0.6) is 0 Å². The van der Waals surface area contributed by atoms with Crippen molar-refractivity contribution in [2.75, 3.05) is 26.2 Å². The zero-order valence-electron chi connectivity index (χ0n) is 16.3. The highest BCUT2D eigenvalue weighted by Gasteiger charge is 2.20. The van der Waals surface area contributed by atoms with Gasteiger partial charge >= 0.3 is 0 Å². The summed E-state index contributed by atoms with van der Waals surface area (Å²) < 4.78 is 2.13. The van der Waals surface area contributed by atoms with Crippen LogP contribution in [-0.2, 0) is 6.54 Å². The van der Waals surface area contributed by atoms with Crippen LogP contribution in [0.25, 0.3) is 10.8 Å². The largest absolute Gasteiger partial charge is 0.352 e. The fraction of sp³-hybridized carbons (Fsp3) is 0.391. The molecular weight excluding hydrogens is 348 g/mol. The van der Waals surface area contributed by atoms with Gasteiger partial charge in [0, 0.05) is 37.6 Å². The number of piperidine rings is 1. The Morgan fingerprint density at radius 1 is 1.14 bits per heavy atom. The quantitative estimate of drug-likeness (QED) is 0.686. The van der Waals surface area contributed by atoms with E-state index < -0.39 is 0 Å². The molecule has 1 N–H and O–H groups in total. The topological polar surface area (TPSA) is 50.2 Å². The number of hydrogen-bond acceptors (Lipinski definition) is 3. The number of carbonyl (C=O) groups excluding carboxylic acids is 1. The van der Waals surface area contributed by atoms with Crippen LogP contribution in [0, 0.1) is 5.92 Å². The second-order valence-corrected chi connectivity index (χ2v) is 7.70. The first kappa shape index (κ1) is 18.7. The Balaban J connectivity index is 1.27. The molecule has 1 aromatic heterocycles. The molecular formula is C23H28N4O. The first-order valence-corrected chi connectivity index (χ1v) is 10.2. The number of nitrogens with zero attached hydrogens (tertiary/aromatic N) is 3. The lowest BCUT2D eigenvalue weighted by atomic mass is 9.97. The SMILES string of the molecule is O=C(NC[C@@H]1CCCN(CCCn2ccnc2)C1)c1cccc2ccccc12. The van der Waals surface area contributed by atoms with Crippen LogP contribution in [0.2, 0.25) is 0 Å². The maximum atomic E-state index is 12.8. The van der Waals surface area contributed by atoms with Gasteiger partial charge in [0.2, 0.25) is 0 Å². The fourth-order valence-electron chi connectivity index (χ4n) is 4.17. The van der Waals surface area contributed by atoms with E-state index in [4.69, 9.17) is 0 Å². The van der Waals surface area contributed by atoms with Gasteiger partial charge < -0.3 is 14.8 Å². The van der Waals surface area contributed by atoms with Gasteiger partial charge in [-0.25, -0.2) is 4.98 Å². The summed E-state index contributed by atoms with van der Waals surface area (Å²) in [5.41, 5.74) is 0.770. The molecule has 4 rings (SSSR count). The third kappa shape index (κ3) is 4.60. The number of hydrogen-bond donors (Lipinski definition) is 1. The lowest BCUT2D eigenvalue weighted by Crippen LogP contribution is -2.41. The molecule has 0 spiro atoms. The number of aryl methyl sites for hydroxylation is 1. The third-order valence-corrected chi connectivity index (χ3v) is 5.64. The van der Waals surface area contributed by atoms with Gasteiger partial charge in [-0.15, -0.1) is 0 Å². The van der Waals surface area contributed by atoms with E-state index >= 15 is 0 Å². The van der Waals surface area contributed by atoms with Crippen molar-refractivity contribution in [2.24, 2.45) is 5.92 Å². The molecule has 0 aliphatic carbocycles. The molecule has 146 valence electrons. The Kier molecular flexibility index (Phi) is 6.02. The highest BCUT2D eigenvalue weighted by atomic mass is 16.1. The van der Waals surface area contributed by atoms with Gasteiger partial charge in [0.1, 0.15) is 0 Å². The molecule has 2 aromatic carbocycles. The predicted molar refractivity (Wildman–Crippen MR) is 112 cm³/mol. The van der Waals surface area contributed by atoms with Crippen molar-refractivity contribution < 1.29 is 4.79 Å². The van der Waals surface area contributed by atoms with Crippen molar-refractivity contribution in [2.45, 2.75) is 25.8 Å². The first-order valence-electron chi connectivity index (χ1n) is 10.2. The van der Waals surface area contributed by atoms with E-state index in [0.29, 0.717) is 5.92 Å². The van der Waals surface area contributed by atoms with Gasteiger partial charge in [-0.2, -0.15) is 0 Å². The van der Waals surface area contributed by atoms with E-state index in [1.807, 2.05) is 49.1 Å². The van der Waals surface area contributed by atoms with Crippen LogP contribution in [0.1, 0.15) is 29.6 Å². The average Bonchev–Trinajstić information content (AvgIpc) is 3.25. The summed E-state index contributed by atoms with van der Waals surface area (Å²) in [4.78, 5) is 19.4. The first-order chi connectivity index (χ1) is 13.8. The summed E-state index contributed by atoms with van der Waals surface area (Å²) in [6.45, 7) is 5.10. The fourth-order valence-corrected chi connectivity index (χ4v) is 4.17. The minimum absolute atomic E-state index is 0.0361. The van der Waals surface area contributed by atoms with Gasteiger partial charge in [0.15, 0.2) is 0 Å². The summed E-state index contributed by atoms with van der Waals surface area (Å²) in [7, 11) is 0. The van der Waals surface area contributed by atoms with Crippen molar-refractivity contribution in [3.8, 4) is 0 Å². The zero-order valence-corrected chi connectivity index (χ0v) is 16.3. The van der Waals surface area contributed by atoms with E-state index in [2.05, 4.69) is 31.9 Å². The standard InChI is InChI=1S/C23H28N4O/c28-23(22-10-3-8-20-7-1-2-9-21(20)22)25-16-19-6-4-12-26(17-19)13-5-14-27-15-11-24-18-27/h1-3,7-11,15,18-19H,4-6,12-14,16-17H2,(H,25,28)/t19-/m0/s1. The smallest absolute Gasteiger partial charge is 0.251 e. The molecule has 1 atom stereocenters. The van der Waals surface area contributed by atoms with Crippen LogP contribution < -0.4 is 5.32 Å².